The van der Waals surface area contributed by atoms with Crippen molar-refractivity contribution in [1.29, 1.82) is 0 Å². The number of hydrogen-bond donors (Lipinski definition) is 1. The minimum absolute atomic E-state index is 0.0286. The maximum absolute atomic E-state index is 11.2. The van der Waals surface area contributed by atoms with Crippen molar-refractivity contribution in [3.63, 3.8) is 0 Å². The van der Waals surface area contributed by atoms with E-state index in [2.05, 4.69) is 0 Å². The third kappa shape index (κ3) is 2.34. The lowest BCUT2D eigenvalue weighted by Crippen LogP contribution is -2.22. The summed E-state index contributed by atoms with van der Waals surface area (Å²) in [6.07, 6.45) is 0. The van der Waals surface area contributed by atoms with Gasteiger partial charge in [-0.15, -0.1) is 0 Å². The van der Waals surface area contributed by atoms with Crippen LogP contribution in [0.3, 0.4) is 0 Å². The first kappa shape index (κ1) is 12.5. The number of rotatable bonds is 3. The predicted octanol–water partition coefficient (Wildman–Crippen LogP) is 3.15. The van der Waals surface area contributed by atoms with Crippen LogP contribution in [0.5, 0.6) is 0 Å². The lowest BCUT2D eigenvalue weighted by Gasteiger charge is -2.24. The molecular formula is C16H16O2. The predicted molar refractivity (Wildman–Crippen MR) is 71.6 cm³/mol. The van der Waals surface area contributed by atoms with Crippen LogP contribution in [-0.4, -0.2) is 10.9 Å². The Kier molecular flexibility index (Phi) is 3.30. The molecule has 0 radical (unpaired) electrons. The molecule has 0 aromatic heterocycles. The first-order valence-corrected chi connectivity index (χ1v) is 5.91. The topological polar surface area (TPSA) is 37.3 Å². The minimum atomic E-state index is -1.05. The number of carbonyl (C=O) groups is 1. The van der Waals surface area contributed by atoms with Crippen molar-refractivity contribution >= 4 is 5.78 Å². The van der Waals surface area contributed by atoms with Gasteiger partial charge in [-0.3, -0.25) is 4.79 Å². The fourth-order valence-electron chi connectivity index (χ4n) is 1.96. The third-order valence-electron chi connectivity index (χ3n) is 3.19. The normalized spacial score (nSPS) is 13.9. The Morgan fingerprint density at radius 2 is 1.44 bits per heavy atom. The Balaban J connectivity index is 2.39. The highest BCUT2D eigenvalue weighted by atomic mass is 16.3. The van der Waals surface area contributed by atoms with Gasteiger partial charge in [0.2, 0.25) is 0 Å². The Morgan fingerprint density at radius 3 is 1.94 bits per heavy atom. The molecule has 2 aromatic carbocycles. The second-order valence-electron chi connectivity index (χ2n) is 4.57. The van der Waals surface area contributed by atoms with E-state index in [9.17, 15) is 9.90 Å². The van der Waals surface area contributed by atoms with Gasteiger partial charge < -0.3 is 5.11 Å². The lowest BCUT2D eigenvalue weighted by molar-refractivity contribution is 0.1000. The SMILES string of the molecule is CC(=O)c1ccc(C(C)(O)c2ccccc2)cc1. The second-order valence-corrected chi connectivity index (χ2v) is 4.57. The number of ketones is 1. The van der Waals surface area contributed by atoms with Gasteiger partial charge in [-0.2, -0.15) is 0 Å². The summed E-state index contributed by atoms with van der Waals surface area (Å²) < 4.78 is 0. The molecule has 0 amide bonds. The Morgan fingerprint density at radius 1 is 0.944 bits per heavy atom. The van der Waals surface area contributed by atoms with Crippen molar-refractivity contribution in [1.82, 2.24) is 0 Å². The van der Waals surface area contributed by atoms with Crippen LogP contribution in [0, 0.1) is 0 Å². The Bertz CT molecular complexity index is 539. The molecule has 2 rings (SSSR count). The zero-order chi connectivity index (χ0) is 13.2. The molecule has 0 saturated carbocycles. The van der Waals surface area contributed by atoms with E-state index in [0.29, 0.717) is 5.56 Å². The van der Waals surface area contributed by atoms with E-state index in [0.717, 1.165) is 11.1 Å². The smallest absolute Gasteiger partial charge is 0.159 e. The van der Waals surface area contributed by atoms with Gasteiger partial charge in [-0.05, 0) is 25.0 Å². The molecule has 0 aliphatic heterocycles. The highest BCUT2D eigenvalue weighted by Gasteiger charge is 2.25. The van der Waals surface area contributed by atoms with Crippen LogP contribution >= 0.6 is 0 Å². The van der Waals surface area contributed by atoms with E-state index in [1.807, 2.05) is 30.3 Å². The molecule has 1 unspecified atom stereocenters. The van der Waals surface area contributed by atoms with Crippen molar-refractivity contribution in [3.05, 3.63) is 71.3 Å². The van der Waals surface area contributed by atoms with Crippen LogP contribution in [-0.2, 0) is 5.60 Å². The second kappa shape index (κ2) is 4.75. The van der Waals surface area contributed by atoms with E-state index in [1.165, 1.54) is 6.92 Å². The fourth-order valence-corrected chi connectivity index (χ4v) is 1.96. The summed E-state index contributed by atoms with van der Waals surface area (Å²) >= 11 is 0. The molecule has 92 valence electrons. The number of carbonyl (C=O) groups excluding carboxylic acids is 1. The first-order valence-electron chi connectivity index (χ1n) is 5.91. The molecule has 2 aromatic rings. The van der Waals surface area contributed by atoms with Crippen molar-refractivity contribution < 1.29 is 9.90 Å². The van der Waals surface area contributed by atoms with Crippen LogP contribution in [0.1, 0.15) is 35.3 Å². The van der Waals surface area contributed by atoms with Crippen LogP contribution in [0.15, 0.2) is 54.6 Å². The fraction of sp³-hybridized carbons (Fsp3) is 0.188. The molecule has 1 N–H and O–H groups in total. The van der Waals surface area contributed by atoms with Gasteiger partial charge in [0.05, 0.1) is 0 Å². The quantitative estimate of drug-likeness (QED) is 0.837. The van der Waals surface area contributed by atoms with Crippen LogP contribution in [0.4, 0.5) is 0 Å². The molecule has 0 heterocycles. The van der Waals surface area contributed by atoms with Crippen LogP contribution in [0.2, 0.25) is 0 Å². The molecule has 0 fully saturated rings. The zero-order valence-electron chi connectivity index (χ0n) is 10.6. The van der Waals surface area contributed by atoms with Crippen LogP contribution < -0.4 is 0 Å². The summed E-state index contributed by atoms with van der Waals surface area (Å²) in [5.74, 6) is 0.0286. The molecule has 0 aliphatic rings. The monoisotopic (exact) mass is 240 g/mol. The molecule has 2 heteroatoms. The molecule has 0 spiro atoms. The number of Topliss-reactive ketones (excluding diaryl/α,β-unsaturated/α-hetero) is 1. The maximum Gasteiger partial charge on any atom is 0.159 e. The van der Waals surface area contributed by atoms with Crippen molar-refractivity contribution in [2.24, 2.45) is 0 Å². The maximum atomic E-state index is 11.2. The molecule has 0 aliphatic carbocycles. The van der Waals surface area contributed by atoms with Gasteiger partial charge in [-0.25, -0.2) is 0 Å². The molecule has 1 atom stereocenters. The average Bonchev–Trinajstić information content (AvgIpc) is 2.40. The highest BCUT2D eigenvalue weighted by molar-refractivity contribution is 5.94. The Labute approximate surface area is 107 Å². The summed E-state index contributed by atoms with van der Waals surface area (Å²) in [6.45, 7) is 3.29. The first-order chi connectivity index (χ1) is 8.51. The summed E-state index contributed by atoms with van der Waals surface area (Å²) in [7, 11) is 0. The summed E-state index contributed by atoms with van der Waals surface area (Å²) in [5.41, 5.74) is 1.22. The average molecular weight is 240 g/mol. The van der Waals surface area contributed by atoms with E-state index >= 15 is 0 Å². The van der Waals surface area contributed by atoms with Gasteiger partial charge >= 0.3 is 0 Å². The third-order valence-corrected chi connectivity index (χ3v) is 3.19. The van der Waals surface area contributed by atoms with Gasteiger partial charge in [0.1, 0.15) is 5.60 Å². The Hall–Kier alpha value is -1.93. The molecule has 18 heavy (non-hydrogen) atoms. The largest absolute Gasteiger partial charge is 0.381 e. The van der Waals surface area contributed by atoms with Crippen molar-refractivity contribution in [2.75, 3.05) is 0 Å². The van der Waals surface area contributed by atoms with Crippen molar-refractivity contribution in [2.45, 2.75) is 19.4 Å². The van der Waals surface area contributed by atoms with E-state index < -0.39 is 5.60 Å². The van der Waals surface area contributed by atoms with Crippen LogP contribution in [0.25, 0.3) is 0 Å². The number of aliphatic hydroxyl groups is 1. The summed E-state index contributed by atoms with van der Waals surface area (Å²) in [6, 6.07) is 16.6. The van der Waals surface area contributed by atoms with Gasteiger partial charge in [0.25, 0.3) is 0 Å². The summed E-state index contributed by atoms with van der Waals surface area (Å²) in [5, 5.41) is 10.6. The molecule has 0 saturated heterocycles. The van der Waals surface area contributed by atoms with Gasteiger partial charge in [0.15, 0.2) is 5.78 Å². The van der Waals surface area contributed by atoms with E-state index in [-0.39, 0.29) is 5.78 Å². The lowest BCUT2D eigenvalue weighted by atomic mass is 9.88. The molecule has 2 nitrogen and oxygen atoms in total. The summed E-state index contributed by atoms with van der Waals surface area (Å²) in [4.78, 5) is 11.2. The van der Waals surface area contributed by atoms with E-state index in [4.69, 9.17) is 0 Å². The zero-order valence-corrected chi connectivity index (χ0v) is 10.6. The van der Waals surface area contributed by atoms with Gasteiger partial charge in [0, 0.05) is 5.56 Å². The highest BCUT2D eigenvalue weighted by Crippen LogP contribution is 2.28. The number of hydrogen-bond acceptors (Lipinski definition) is 2. The van der Waals surface area contributed by atoms with E-state index in [1.54, 1.807) is 31.2 Å². The van der Waals surface area contributed by atoms with Gasteiger partial charge in [-0.1, -0.05) is 54.6 Å². The van der Waals surface area contributed by atoms with Crippen molar-refractivity contribution in [3.8, 4) is 0 Å². The molecular weight excluding hydrogens is 224 g/mol. The number of benzene rings is 2. The standard InChI is InChI=1S/C16H16O2/c1-12(17)13-8-10-15(11-9-13)16(2,18)14-6-4-3-5-7-14/h3-11,18H,1-2H3. The minimum Gasteiger partial charge on any atom is -0.381 e. The molecule has 0 bridgehead atoms.